The van der Waals surface area contributed by atoms with Crippen LogP contribution in [0.1, 0.15) is 38.9 Å². The van der Waals surface area contributed by atoms with Crippen LogP contribution in [0.25, 0.3) is 99.5 Å². The van der Waals surface area contributed by atoms with Crippen LogP contribution in [0.15, 0.2) is 176 Å². The standard InChI is InChI=1S/C61H41F6N3/c1-35-13-19-46(37(3)25-35)40-16-23-57-53(30-40)49-9-5-7-11-55(49)69(57)45-18-21-48(42-28-43(60(62,63)64)32-44(29-42)61(65,66)67)51(33-45)52-27-39(34-68)15-22-58(52)70-56-12-8-6-10-50(56)54-31-41(17-24-59(54)70)47-20-14-36(2)26-38(47)4/h5-33H,1-4H3. The van der Waals surface area contributed by atoms with Gasteiger partial charge < -0.3 is 9.13 Å². The maximum Gasteiger partial charge on any atom is 0.416 e. The number of para-hydroxylation sites is 2. The minimum absolute atomic E-state index is 0.118. The SMILES string of the molecule is Cc1ccc(-c2ccc3c(c2)c2ccccc2n3-c2ccc(-c3cc(C(F)(F)F)cc(C(F)(F)F)c3)c(-c3cc(C#N)ccc3-n3c4ccccc4c4cc(-c5ccc(C)cc5C)ccc43)c2)c(C)c1. The number of fused-ring (bicyclic) bond motifs is 6. The van der Waals surface area contributed by atoms with Gasteiger partial charge in [-0.05, 0) is 163 Å². The van der Waals surface area contributed by atoms with Gasteiger partial charge in [0.25, 0.3) is 0 Å². The normalized spacial score (nSPS) is 12.1. The highest BCUT2D eigenvalue weighted by Gasteiger charge is 2.37. The minimum atomic E-state index is -5.08. The van der Waals surface area contributed by atoms with E-state index in [-0.39, 0.29) is 22.8 Å². The molecule has 0 bridgehead atoms. The molecule has 0 unspecified atom stereocenters. The molecule has 0 radical (unpaired) electrons. The first-order valence-electron chi connectivity index (χ1n) is 22.8. The summed E-state index contributed by atoms with van der Waals surface area (Å²) in [5.41, 5.74) is 11.3. The Hall–Kier alpha value is -8.35. The number of hydrogen-bond donors (Lipinski definition) is 0. The van der Waals surface area contributed by atoms with Crippen molar-refractivity contribution in [2.75, 3.05) is 0 Å². The number of halogens is 6. The van der Waals surface area contributed by atoms with Crippen LogP contribution >= 0.6 is 0 Å². The van der Waals surface area contributed by atoms with Gasteiger partial charge >= 0.3 is 12.4 Å². The van der Waals surface area contributed by atoms with Crippen molar-refractivity contribution in [3.8, 4) is 62.0 Å². The van der Waals surface area contributed by atoms with E-state index in [1.165, 1.54) is 0 Å². The molecule has 0 saturated carbocycles. The number of benzene rings is 9. The summed E-state index contributed by atoms with van der Waals surface area (Å²) < 4.78 is 91.8. The molecule has 70 heavy (non-hydrogen) atoms. The van der Waals surface area contributed by atoms with Crippen LogP contribution in [-0.2, 0) is 12.4 Å². The predicted molar refractivity (Wildman–Crippen MR) is 271 cm³/mol. The topological polar surface area (TPSA) is 33.6 Å². The molecule has 9 heteroatoms. The van der Waals surface area contributed by atoms with Crippen molar-refractivity contribution in [2.45, 2.75) is 40.0 Å². The van der Waals surface area contributed by atoms with Crippen molar-refractivity contribution in [1.82, 2.24) is 9.13 Å². The van der Waals surface area contributed by atoms with E-state index in [1.54, 1.807) is 30.3 Å². The van der Waals surface area contributed by atoms with Gasteiger partial charge in [0, 0.05) is 32.8 Å². The summed E-state index contributed by atoms with van der Waals surface area (Å²) in [5, 5.41) is 14.3. The molecule has 2 heterocycles. The zero-order chi connectivity index (χ0) is 48.8. The molecule has 0 spiro atoms. The van der Waals surface area contributed by atoms with Crippen molar-refractivity contribution in [3.63, 3.8) is 0 Å². The molecule has 2 aromatic heterocycles. The highest BCUT2D eigenvalue weighted by Crippen LogP contribution is 2.46. The first-order chi connectivity index (χ1) is 33.5. The number of nitriles is 1. The van der Waals surface area contributed by atoms with E-state index in [2.05, 4.69) is 104 Å². The Morgan fingerprint density at radius 2 is 0.886 bits per heavy atom. The average Bonchev–Trinajstić information content (AvgIpc) is 3.85. The maximum absolute atomic E-state index is 14.6. The number of nitrogens with zero attached hydrogens (tertiary/aromatic N) is 3. The van der Waals surface area contributed by atoms with E-state index < -0.39 is 23.5 Å². The molecule has 9 aromatic carbocycles. The molecule has 11 aromatic rings. The van der Waals surface area contributed by atoms with Crippen LogP contribution in [0.2, 0.25) is 0 Å². The molecule has 0 aliphatic carbocycles. The molecule has 11 rings (SSSR count). The summed E-state index contributed by atoms with van der Waals surface area (Å²) >= 11 is 0. The molecule has 0 fully saturated rings. The second-order valence-electron chi connectivity index (χ2n) is 18.2. The Bertz CT molecular complexity index is 3960. The summed E-state index contributed by atoms with van der Waals surface area (Å²) in [6.07, 6.45) is -10.2. The van der Waals surface area contributed by atoms with Crippen molar-refractivity contribution >= 4 is 43.6 Å². The number of aromatic nitrogens is 2. The lowest BCUT2D eigenvalue weighted by atomic mass is 9.90. The summed E-state index contributed by atoms with van der Waals surface area (Å²) in [6.45, 7) is 8.27. The van der Waals surface area contributed by atoms with E-state index in [1.807, 2.05) is 66.7 Å². The molecule has 0 saturated heterocycles. The molecular weight excluding hydrogens is 889 g/mol. The second-order valence-corrected chi connectivity index (χ2v) is 18.2. The lowest BCUT2D eigenvalue weighted by Crippen LogP contribution is -2.11. The third-order valence-corrected chi connectivity index (χ3v) is 13.5. The van der Waals surface area contributed by atoms with E-state index in [4.69, 9.17) is 0 Å². The Morgan fingerprint density at radius 1 is 0.386 bits per heavy atom. The van der Waals surface area contributed by atoms with Gasteiger partial charge in [0.15, 0.2) is 0 Å². The van der Waals surface area contributed by atoms with Crippen LogP contribution in [0.3, 0.4) is 0 Å². The molecule has 3 nitrogen and oxygen atoms in total. The predicted octanol–water partition coefficient (Wildman–Crippen LogP) is 17.7. The molecule has 0 atom stereocenters. The van der Waals surface area contributed by atoms with Gasteiger partial charge in [-0.3, -0.25) is 0 Å². The average molecular weight is 930 g/mol. The first-order valence-corrected chi connectivity index (χ1v) is 22.8. The first kappa shape index (κ1) is 44.2. The van der Waals surface area contributed by atoms with Crippen LogP contribution in [-0.4, -0.2) is 9.13 Å². The highest BCUT2D eigenvalue weighted by atomic mass is 19.4. The highest BCUT2D eigenvalue weighted by molar-refractivity contribution is 6.12. The largest absolute Gasteiger partial charge is 0.416 e. The number of hydrogen-bond acceptors (Lipinski definition) is 1. The second kappa shape index (κ2) is 16.4. The zero-order valence-corrected chi connectivity index (χ0v) is 38.4. The van der Waals surface area contributed by atoms with Crippen molar-refractivity contribution < 1.29 is 26.3 Å². The summed E-state index contributed by atoms with van der Waals surface area (Å²) in [5.74, 6) is 0. The zero-order valence-electron chi connectivity index (χ0n) is 38.4. The van der Waals surface area contributed by atoms with E-state index in [0.717, 1.165) is 100 Å². The van der Waals surface area contributed by atoms with Crippen molar-refractivity contribution in [2.24, 2.45) is 0 Å². The summed E-state index contributed by atoms with van der Waals surface area (Å²) in [4.78, 5) is 0. The number of rotatable bonds is 6. The molecule has 342 valence electrons. The fraction of sp³-hybridized carbons (Fsp3) is 0.0984. The van der Waals surface area contributed by atoms with Crippen LogP contribution in [0.4, 0.5) is 26.3 Å². The fourth-order valence-electron chi connectivity index (χ4n) is 10.4. The van der Waals surface area contributed by atoms with E-state index >= 15 is 0 Å². The number of aryl methyl sites for hydroxylation is 4. The molecular formula is C61H41F6N3. The molecule has 0 aliphatic rings. The smallest absolute Gasteiger partial charge is 0.309 e. The molecule has 0 N–H and O–H groups in total. The van der Waals surface area contributed by atoms with Gasteiger partial charge in [-0.1, -0.05) is 102 Å². The van der Waals surface area contributed by atoms with Crippen molar-refractivity contribution in [1.29, 1.82) is 5.26 Å². The van der Waals surface area contributed by atoms with E-state index in [0.29, 0.717) is 22.5 Å². The lowest BCUT2D eigenvalue weighted by molar-refractivity contribution is -0.143. The Kier molecular flexibility index (Phi) is 10.4. The Labute approximate surface area is 399 Å². The van der Waals surface area contributed by atoms with Gasteiger partial charge in [0.05, 0.1) is 50.5 Å². The van der Waals surface area contributed by atoms with Gasteiger partial charge in [0.2, 0.25) is 0 Å². The monoisotopic (exact) mass is 929 g/mol. The lowest BCUT2D eigenvalue weighted by Gasteiger charge is -2.21. The fourth-order valence-corrected chi connectivity index (χ4v) is 10.4. The van der Waals surface area contributed by atoms with Crippen LogP contribution in [0, 0.1) is 39.0 Å². The number of alkyl halides is 6. The van der Waals surface area contributed by atoms with Gasteiger partial charge in [0.1, 0.15) is 0 Å². The maximum atomic E-state index is 14.6. The van der Waals surface area contributed by atoms with Gasteiger partial charge in [-0.25, -0.2) is 0 Å². The summed E-state index contributed by atoms with van der Waals surface area (Å²) in [6, 6.07) is 55.2. The third kappa shape index (κ3) is 7.48. The van der Waals surface area contributed by atoms with Crippen molar-refractivity contribution in [3.05, 3.63) is 215 Å². The third-order valence-electron chi connectivity index (χ3n) is 13.5. The van der Waals surface area contributed by atoms with Gasteiger partial charge in [-0.2, -0.15) is 31.6 Å². The Balaban J connectivity index is 1.21. The molecule has 0 aliphatic heterocycles. The van der Waals surface area contributed by atoms with Crippen LogP contribution < -0.4 is 0 Å². The minimum Gasteiger partial charge on any atom is -0.309 e. The summed E-state index contributed by atoms with van der Waals surface area (Å²) in [7, 11) is 0. The van der Waals surface area contributed by atoms with Gasteiger partial charge in [-0.15, -0.1) is 0 Å². The molecule has 0 amide bonds. The van der Waals surface area contributed by atoms with E-state index in [9.17, 15) is 31.6 Å². The van der Waals surface area contributed by atoms with Crippen LogP contribution in [0.5, 0.6) is 0 Å². The Morgan fingerprint density at radius 3 is 1.41 bits per heavy atom. The quantitative estimate of drug-likeness (QED) is 0.153.